The van der Waals surface area contributed by atoms with Crippen molar-refractivity contribution < 1.29 is 4.92 Å². The van der Waals surface area contributed by atoms with Crippen LogP contribution < -0.4 is 5.32 Å². The maximum atomic E-state index is 11.4. The van der Waals surface area contributed by atoms with Crippen molar-refractivity contribution in [2.24, 2.45) is 0 Å². The van der Waals surface area contributed by atoms with Gasteiger partial charge in [0, 0.05) is 11.8 Å². The van der Waals surface area contributed by atoms with Gasteiger partial charge in [-0.2, -0.15) is 5.26 Å². The molecule has 0 bridgehead atoms. The topological polar surface area (TPSA) is 79.0 Å². The Morgan fingerprint density at radius 2 is 1.69 bits per heavy atom. The molecule has 0 heterocycles. The summed E-state index contributed by atoms with van der Waals surface area (Å²) in [5.74, 6) is 0. The molecule has 0 saturated carbocycles. The van der Waals surface area contributed by atoms with Crippen LogP contribution >= 0.6 is 0 Å². The molecule has 0 fully saturated rings. The predicted octanol–water partition coefficient (Wildman–Crippen LogP) is 5.56. The lowest BCUT2D eigenvalue weighted by Crippen LogP contribution is -2.33. The van der Waals surface area contributed by atoms with Crippen molar-refractivity contribution >= 4 is 17.1 Å². The summed E-state index contributed by atoms with van der Waals surface area (Å²) in [6, 6.07) is 12.6. The summed E-state index contributed by atoms with van der Waals surface area (Å²) in [6.07, 6.45) is 2.24. The minimum Gasteiger partial charge on any atom is -0.350 e. The summed E-state index contributed by atoms with van der Waals surface area (Å²) >= 11 is 0. The van der Waals surface area contributed by atoms with Gasteiger partial charge in [0.1, 0.15) is 5.69 Å². The number of nitrogens with one attached hydrogen (secondary N) is 1. The number of nitriles is 1. The normalized spacial score (nSPS) is 17.0. The number of fused-ring (bicyclic) bond motifs is 1. The van der Waals surface area contributed by atoms with Crippen molar-refractivity contribution in [1.29, 1.82) is 5.26 Å². The Hall–Kier alpha value is -2.87. The van der Waals surface area contributed by atoms with Crippen LogP contribution in [0.3, 0.4) is 0 Å². The highest BCUT2D eigenvalue weighted by Gasteiger charge is 2.37. The zero-order valence-corrected chi connectivity index (χ0v) is 15.6. The second-order valence-corrected chi connectivity index (χ2v) is 8.25. The van der Waals surface area contributed by atoms with Gasteiger partial charge in [-0.1, -0.05) is 33.8 Å². The van der Waals surface area contributed by atoms with Crippen LogP contribution in [-0.2, 0) is 10.8 Å². The van der Waals surface area contributed by atoms with Gasteiger partial charge in [0.05, 0.1) is 16.6 Å². The number of nitro groups is 1. The molecule has 0 unspecified atom stereocenters. The summed E-state index contributed by atoms with van der Waals surface area (Å²) in [5, 5.41) is 23.5. The molecule has 5 nitrogen and oxygen atoms in total. The van der Waals surface area contributed by atoms with Gasteiger partial charge in [-0.3, -0.25) is 10.1 Å². The molecule has 3 rings (SSSR count). The second-order valence-electron chi connectivity index (χ2n) is 8.25. The average Bonchev–Trinajstić information content (AvgIpc) is 2.59. The second kappa shape index (κ2) is 6.14. The smallest absolute Gasteiger partial charge is 0.293 e. The van der Waals surface area contributed by atoms with Gasteiger partial charge in [0.2, 0.25) is 0 Å². The molecule has 0 aromatic heterocycles. The van der Waals surface area contributed by atoms with E-state index in [1.165, 1.54) is 17.2 Å². The Morgan fingerprint density at radius 3 is 2.31 bits per heavy atom. The first-order chi connectivity index (χ1) is 12.1. The van der Waals surface area contributed by atoms with Crippen LogP contribution in [0.15, 0.2) is 36.4 Å². The summed E-state index contributed by atoms with van der Waals surface area (Å²) in [6.45, 7) is 9.02. The van der Waals surface area contributed by atoms with Crippen LogP contribution in [0.1, 0.15) is 57.2 Å². The third-order valence-corrected chi connectivity index (χ3v) is 5.46. The van der Waals surface area contributed by atoms with Crippen LogP contribution in [0.2, 0.25) is 0 Å². The Balaban J connectivity index is 2.03. The van der Waals surface area contributed by atoms with Crippen LogP contribution in [0.25, 0.3) is 0 Å². The molecule has 0 spiro atoms. The molecule has 2 aromatic rings. The molecule has 1 aliphatic carbocycles. The molecule has 1 aliphatic rings. The molecule has 26 heavy (non-hydrogen) atoms. The van der Waals surface area contributed by atoms with Gasteiger partial charge in [-0.15, -0.1) is 0 Å². The molecular weight excluding hydrogens is 326 g/mol. The monoisotopic (exact) mass is 349 g/mol. The molecule has 0 aliphatic heterocycles. The molecule has 0 atom stereocenters. The molecule has 2 aromatic carbocycles. The SMILES string of the molecule is CC1(C)CCC(C)(C)c2cc(Nc3ccc(C#N)cc3[N+](=O)[O-])ccc21. The summed E-state index contributed by atoms with van der Waals surface area (Å²) in [7, 11) is 0. The van der Waals surface area contributed by atoms with Crippen molar-refractivity contribution in [3.05, 3.63) is 63.2 Å². The lowest BCUT2D eigenvalue weighted by atomic mass is 9.63. The van der Waals surface area contributed by atoms with E-state index in [2.05, 4.69) is 45.1 Å². The maximum absolute atomic E-state index is 11.4. The fourth-order valence-electron chi connectivity index (χ4n) is 3.68. The minimum atomic E-state index is -0.464. The maximum Gasteiger partial charge on any atom is 0.293 e. The van der Waals surface area contributed by atoms with Gasteiger partial charge in [0.25, 0.3) is 5.69 Å². The van der Waals surface area contributed by atoms with E-state index in [4.69, 9.17) is 5.26 Å². The van der Waals surface area contributed by atoms with Gasteiger partial charge in [0.15, 0.2) is 0 Å². The van der Waals surface area contributed by atoms with Crippen LogP contribution in [-0.4, -0.2) is 4.92 Å². The molecule has 0 saturated heterocycles. The van der Waals surface area contributed by atoms with Crippen molar-refractivity contribution in [1.82, 2.24) is 0 Å². The number of nitro benzene ring substituents is 1. The molecular formula is C21H23N3O2. The van der Waals surface area contributed by atoms with E-state index in [9.17, 15) is 10.1 Å². The van der Waals surface area contributed by atoms with Crippen molar-refractivity contribution in [2.45, 2.75) is 51.4 Å². The summed E-state index contributed by atoms with van der Waals surface area (Å²) < 4.78 is 0. The third kappa shape index (κ3) is 3.15. The Morgan fingerprint density at radius 1 is 1.04 bits per heavy atom. The van der Waals surface area contributed by atoms with Crippen LogP contribution in [0.4, 0.5) is 17.1 Å². The number of nitrogens with zero attached hydrogens (tertiary/aromatic N) is 2. The molecule has 1 N–H and O–H groups in total. The third-order valence-electron chi connectivity index (χ3n) is 5.46. The Bertz CT molecular complexity index is 923. The number of hydrogen-bond acceptors (Lipinski definition) is 4. The number of rotatable bonds is 3. The fourth-order valence-corrected chi connectivity index (χ4v) is 3.68. The number of anilines is 2. The van der Waals surface area contributed by atoms with E-state index in [1.807, 2.05) is 12.1 Å². The van der Waals surface area contributed by atoms with E-state index in [0.29, 0.717) is 5.69 Å². The van der Waals surface area contributed by atoms with Gasteiger partial charge < -0.3 is 5.32 Å². The minimum absolute atomic E-state index is 0.0686. The van der Waals surface area contributed by atoms with Crippen molar-refractivity contribution in [3.63, 3.8) is 0 Å². The predicted molar refractivity (Wildman–Crippen MR) is 103 cm³/mol. The van der Waals surface area contributed by atoms with Crippen LogP contribution in [0.5, 0.6) is 0 Å². The number of benzene rings is 2. The van der Waals surface area contributed by atoms with Gasteiger partial charge in [-0.25, -0.2) is 0 Å². The Kier molecular flexibility index (Phi) is 4.23. The number of hydrogen-bond donors (Lipinski definition) is 1. The van der Waals surface area contributed by atoms with E-state index in [0.717, 1.165) is 18.5 Å². The largest absolute Gasteiger partial charge is 0.350 e. The van der Waals surface area contributed by atoms with E-state index >= 15 is 0 Å². The van der Waals surface area contributed by atoms with Gasteiger partial charge >= 0.3 is 0 Å². The van der Waals surface area contributed by atoms with Gasteiger partial charge in [-0.05, 0) is 59.1 Å². The first kappa shape index (κ1) is 17.9. The van der Waals surface area contributed by atoms with Crippen LogP contribution in [0, 0.1) is 21.4 Å². The summed E-state index contributed by atoms with van der Waals surface area (Å²) in [5.41, 5.74) is 4.22. The first-order valence-corrected chi connectivity index (χ1v) is 8.75. The van der Waals surface area contributed by atoms with Crippen molar-refractivity contribution in [2.75, 3.05) is 5.32 Å². The van der Waals surface area contributed by atoms with E-state index < -0.39 is 4.92 Å². The lowest BCUT2D eigenvalue weighted by molar-refractivity contribution is -0.383. The highest BCUT2D eigenvalue weighted by atomic mass is 16.6. The van der Waals surface area contributed by atoms with E-state index in [1.54, 1.807) is 12.1 Å². The average molecular weight is 349 g/mol. The first-order valence-electron chi connectivity index (χ1n) is 8.75. The van der Waals surface area contributed by atoms with Crippen molar-refractivity contribution in [3.8, 4) is 6.07 Å². The lowest BCUT2D eigenvalue weighted by Gasteiger charge is -2.42. The molecule has 0 amide bonds. The highest BCUT2D eigenvalue weighted by molar-refractivity contribution is 5.71. The standard InChI is InChI=1S/C21H23N3O2/c1-20(2)9-10-21(3,4)17-12-15(6-7-16(17)20)23-18-8-5-14(13-22)11-19(18)24(25)26/h5-8,11-12,23H,9-10H2,1-4H3. The summed E-state index contributed by atoms with van der Waals surface area (Å²) in [4.78, 5) is 10.9. The molecule has 5 heteroatoms. The molecule has 0 radical (unpaired) electrons. The molecule has 134 valence electrons. The highest BCUT2D eigenvalue weighted by Crippen LogP contribution is 2.46. The van der Waals surface area contributed by atoms with E-state index in [-0.39, 0.29) is 22.1 Å². The Labute approximate surface area is 153 Å². The zero-order chi connectivity index (χ0) is 19.1. The quantitative estimate of drug-likeness (QED) is 0.581. The zero-order valence-electron chi connectivity index (χ0n) is 15.6. The fraction of sp³-hybridized carbons (Fsp3) is 0.381.